The van der Waals surface area contributed by atoms with E-state index >= 15 is 0 Å². The van der Waals surface area contributed by atoms with E-state index in [4.69, 9.17) is 21.8 Å². The molecule has 0 aliphatic rings. The number of primary amides is 1. The molecule has 0 saturated carbocycles. The van der Waals surface area contributed by atoms with E-state index in [9.17, 15) is 4.79 Å². The van der Waals surface area contributed by atoms with Crippen molar-refractivity contribution in [3.63, 3.8) is 0 Å². The second-order valence-corrected chi connectivity index (χ2v) is 3.82. The molecule has 2 aromatic heterocycles. The molecule has 0 saturated heterocycles. The molecule has 17 heavy (non-hydrogen) atoms. The Kier molecular flexibility index (Phi) is 3.34. The summed E-state index contributed by atoms with van der Waals surface area (Å²) in [6, 6.07) is 3.46. The Bertz CT molecular complexity index is 520. The summed E-state index contributed by atoms with van der Waals surface area (Å²) in [4.78, 5) is 10.7. The van der Waals surface area contributed by atoms with Gasteiger partial charge in [0, 0.05) is 6.20 Å². The number of hydrogen-bond acceptors (Lipinski definition) is 4. The Morgan fingerprint density at radius 1 is 1.59 bits per heavy atom. The Labute approximate surface area is 102 Å². The minimum atomic E-state index is -0.433. The van der Waals surface area contributed by atoms with Crippen LogP contribution in [-0.2, 0) is 17.9 Å². The van der Waals surface area contributed by atoms with Crippen LogP contribution in [0.2, 0.25) is 5.22 Å². The van der Waals surface area contributed by atoms with Crippen molar-refractivity contribution in [3.8, 4) is 0 Å². The lowest BCUT2D eigenvalue weighted by molar-refractivity contribution is -0.118. The van der Waals surface area contributed by atoms with E-state index in [0.717, 1.165) is 11.4 Å². The molecule has 3 N–H and O–H groups in total. The maximum Gasteiger partial charge on any atom is 0.239 e. The molecule has 0 unspecified atom stereocenters. The highest BCUT2D eigenvalue weighted by molar-refractivity contribution is 6.28. The first-order valence-electron chi connectivity index (χ1n) is 4.92. The highest BCUT2D eigenvalue weighted by Crippen LogP contribution is 2.14. The SMILES string of the molecule is NC(=O)Cn1cc(NCc2ccc(Cl)o2)cn1. The van der Waals surface area contributed by atoms with Crippen LogP contribution in [0.1, 0.15) is 5.76 Å². The van der Waals surface area contributed by atoms with Gasteiger partial charge in [-0.2, -0.15) is 5.10 Å². The van der Waals surface area contributed by atoms with Crippen LogP contribution in [0.4, 0.5) is 5.69 Å². The van der Waals surface area contributed by atoms with E-state index in [1.807, 2.05) is 0 Å². The van der Waals surface area contributed by atoms with Gasteiger partial charge in [-0.15, -0.1) is 0 Å². The molecule has 90 valence electrons. The van der Waals surface area contributed by atoms with Crippen molar-refractivity contribution in [2.24, 2.45) is 5.73 Å². The number of nitrogens with two attached hydrogens (primary N) is 1. The monoisotopic (exact) mass is 254 g/mol. The Balaban J connectivity index is 1.91. The molecule has 0 bridgehead atoms. The summed E-state index contributed by atoms with van der Waals surface area (Å²) in [5.41, 5.74) is 5.83. The zero-order chi connectivity index (χ0) is 12.3. The van der Waals surface area contributed by atoms with Crippen LogP contribution < -0.4 is 11.1 Å². The largest absolute Gasteiger partial charge is 0.448 e. The van der Waals surface area contributed by atoms with E-state index in [1.165, 1.54) is 4.68 Å². The van der Waals surface area contributed by atoms with Gasteiger partial charge in [0.05, 0.1) is 18.4 Å². The number of furan rings is 1. The third-order valence-corrected chi connectivity index (χ3v) is 2.25. The highest BCUT2D eigenvalue weighted by Gasteiger charge is 2.03. The maximum absolute atomic E-state index is 10.7. The number of rotatable bonds is 5. The first-order chi connectivity index (χ1) is 8.13. The number of nitrogens with one attached hydrogen (secondary N) is 1. The van der Waals surface area contributed by atoms with Crippen LogP contribution in [0.5, 0.6) is 0 Å². The van der Waals surface area contributed by atoms with Gasteiger partial charge in [-0.25, -0.2) is 0 Å². The van der Waals surface area contributed by atoms with Gasteiger partial charge < -0.3 is 15.5 Å². The quantitative estimate of drug-likeness (QED) is 0.840. The van der Waals surface area contributed by atoms with Gasteiger partial charge in [-0.3, -0.25) is 9.48 Å². The predicted molar refractivity (Wildman–Crippen MR) is 62.5 cm³/mol. The number of nitrogens with zero attached hydrogens (tertiary/aromatic N) is 2. The van der Waals surface area contributed by atoms with Crippen molar-refractivity contribution < 1.29 is 9.21 Å². The number of aromatic nitrogens is 2. The summed E-state index contributed by atoms with van der Waals surface area (Å²) in [5, 5.41) is 7.40. The summed E-state index contributed by atoms with van der Waals surface area (Å²) in [6.45, 7) is 0.559. The maximum atomic E-state index is 10.7. The first-order valence-corrected chi connectivity index (χ1v) is 5.30. The molecule has 0 atom stereocenters. The zero-order valence-electron chi connectivity index (χ0n) is 8.89. The van der Waals surface area contributed by atoms with Crippen LogP contribution in [0.25, 0.3) is 0 Å². The summed E-state index contributed by atoms with van der Waals surface area (Å²) in [5.74, 6) is 0.287. The number of carbonyl (C=O) groups is 1. The van der Waals surface area contributed by atoms with Gasteiger partial charge in [-0.05, 0) is 23.7 Å². The highest BCUT2D eigenvalue weighted by atomic mass is 35.5. The van der Waals surface area contributed by atoms with E-state index in [-0.39, 0.29) is 6.54 Å². The molecule has 0 aliphatic carbocycles. The Morgan fingerprint density at radius 3 is 3.06 bits per heavy atom. The van der Waals surface area contributed by atoms with Gasteiger partial charge in [0.1, 0.15) is 12.3 Å². The molecule has 0 radical (unpaired) electrons. The lowest BCUT2D eigenvalue weighted by Gasteiger charge is -1.99. The molecule has 2 aromatic rings. The van der Waals surface area contributed by atoms with E-state index in [1.54, 1.807) is 24.5 Å². The third-order valence-electron chi connectivity index (χ3n) is 2.05. The molecule has 2 rings (SSSR count). The number of anilines is 1. The van der Waals surface area contributed by atoms with Crippen LogP contribution in [0.3, 0.4) is 0 Å². The van der Waals surface area contributed by atoms with Crippen LogP contribution in [-0.4, -0.2) is 15.7 Å². The van der Waals surface area contributed by atoms with E-state index < -0.39 is 5.91 Å². The molecule has 1 amide bonds. The molecule has 6 nitrogen and oxygen atoms in total. The molecule has 0 spiro atoms. The minimum Gasteiger partial charge on any atom is -0.448 e. The lowest BCUT2D eigenvalue weighted by atomic mass is 10.4. The van der Waals surface area contributed by atoms with Gasteiger partial charge in [-0.1, -0.05) is 0 Å². The summed E-state index contributed by atoms with van der Waals surface area (Å²) in [7, 11) is 0. The smallest absolute Gasteiger partial charge is 0.239 e. The molecule has 0 aromatic carbocycles. The van der Waals surface area contributed by atoms with Gasteiger partial charge in [0.15, 0.2) is 5.22 Å². The second kappa shape index (κ2) is 4.92. The molecule has 2 heterocycles. The summed E-state index contributed by atoms with van der Waals surface area (Å²) < 4.78 is 6.64. The van der Waals surface area contributed by atoms with Crippen LogP contribution in [0, 0.1) is 0 Å². The molecule has 7 heteroatoms. The van der Waals surface area contributed by atoms with Gasteiger partial charge in [0.2, 0.25) is 5.91 Å². The Morgan fingerprint density at radius 2 is 2.41 bits per heavy atom. The minimum absolute atomic E-state index is 0.0638. The standard InChI is InChI=1S/C10H11ClN4O2/c11-9-2-1-8(17-9)4-13-7-3-14-15(5-7)6-10(12)16/h1-3,5,13H,4,6H2,(H2,12,16). The number of halogens is 1. The fraction of sp³-hybridized carbons (Fsp3) is 0.200. The van der Waals surface area contributed by atoms with Gasteiger partial charge in [0.25, 0.3) is 0 Å². The van der Waals surface area contributed by atoms with Crippen molar-refractivity contribution in [3.05, 3.63) is 35.5 Å². The van der Waals surface area contributed by atoms with Gasteiger partial charge >= 0.3 is 0 Å². The number of amides is 1. The molecular formula is C10H11ClN4O2. The molecule has 0 fully saturated rings. The zero-order valence-corrected chi connectivity index (χ0v) is 9.65. The first kappa shape index (κ1) is 11.5. The summed E-state index contributed by atoms with van der Waals surface area (Å²) >= 11 is 5.64. The van der Waals surface area contributed by atoms with Crippen molar-refractivity contribution in [1.82, 2.24) is 9.78 Å². The normalized spacial score (nSPS) is 10.4. The van der Waals surface area contributed by atoms with Crippen LogP contribution >= 0.6 is 11.6 Å². The fourth-order valence-corrected chi connectivity index (χ4v) is 1.50. The molecular weight excluding hydrogens is 244 g/mol. The van der Waals surface area contributed by atoms with E-state index in [0.29, 0.717) is 11.8 Å². The number of carbonyl (C=O) groups excluding carboxylic acids is 1. The average molecular weight is 255 g/mol. The lowest BCUT2D eigenvalue weighted by Crippen LogP contribution is -2.18. The number of hydrogen-bond donors (Lipinski definition) is 2. The Hall–Kier alpha value is -1.95. The second-order valence-electron chi connectivity index (χ2n) is 3.45. The summed E-state index contributed by atoms with van der Waals surface area (Å²) in [6.07, 6.45) is 3.29. The molecule has 0 aliphatic heterocycles. The van der Waals surface area contributed by atoms with Crippen LogP contribution in [0.15, 0.2) is 28.9 Å². The third kappa shape index (κ3) is 3.25. The van der Waals surface area contributed by atoms with Crippen molar-refractivity contribution in [1.29, 1.82) is 0 Å². The predicted octanol–water partition coefficient (Wildman–Crippen LogP) is 1.23. The van der Waals surface area contributed by atoms with Crippen molar-refractivity contribution >= 4 is 23.2 Å². The van der Waals surface area contributed by atoms with Crippen molar-refractivity contribution in [2.45, 2.75) is 13.1 Å². The fourth-order valence-electron chi connectivity index (χ4n) is 1.34. The topological polar surface area (TPSA) is 86.1 Å². The average Bonchev–Trinajstić information content (AvgIpc) is 2.84. The van der Waals surface area contributed by atoms with Crippen molar-refractivity contribution in [2.75, 3.05) is 5.32 Å². The van der Waals surface area contributed by atoms with E-state index in [2.05, 4.69) is 10.4 Å².